The molecule has 0 amide bonds. The Kier molecular flexibility index (Phi) is 4.74. The van der Waals surface area contributed by atoms with Gasteiger partial charge in [-0.15, -0.1) is 0 Å². The van der Waals surface area contributed by atoms with E-state index in [0.717, 1.165) is 33.4 Å². The minimum Gasteiger partial charge on any atom is -0.313 e. The van der Waals surface area contributed by atoms with Crippen LogP contribution in [-0.4, -0.2) is 16.8 Å². The highest BCUT2D eigenvalue weighted by Crippen LogP contribution is 2.27. The highest BCUT2D eigenvalue weighted by Gasteiger charge is 2.17. The summed E-state index contributed by atoms with van der Waals surface area (Å²) in [6, 6.07) is 6.28. The van der Waals surface area contributed by atoms with E-state index in [4.69, 9.17) is 23.2 Å². The maximum absolute atomic E-state index is 6.33. The van der Waals surface area contributed by atoms with E-state index in [0.29, 0.717) is 0 Å². The highest BCUT2D eigenvalue weighted by atomic mass is 35.5. The molecule has 0 fully saturated rings. The fourth-order valence-electron chi connectivity index (χ4n) is 2.37. The van der Waals surface area contributed by atoms with Crippen LogP contribution in [0, 0.1) is 13.8 Å². The summed E-state index contributed by atoms with van der Waals surface area (Å²) in [7, 11) is 3.87. The number of rotatable bonds is 4. The first kappa shape index (κ1) is 15.4. The fourth-order valence-corrected chi connectivity index (χ4v) is 2.72. The van der Waals surface area contributed by atoms with Crippen molar-refractivity contribution in [2.75, 3.05) is 7.05 Å². The zero-order valence-electron chi connectivity index (χ0n) is 12.2. The van der Waals surface area contributed by atoms with Gasteiger partial charge in [-0.2, -0.15) is 5.10 Å². The van der Waals surface area contributed by atoms with Crippen LogP contribution in [0.2, 0.25) is 10.0 Å². The second-order valence-corrected chi connectivity index (χ2v) is 5.81. The third kappa shape index (κ3) is 3.00. The van der Waals surface area contributed by atoms with E-state index in [1.54, 1.807) is 0 Å². The van der Waals surface area contributed by atoms with Gasteiger partial charge >= 0.3 is 0 Å². The first-order valence-electron chi connectivity index (χ1n) is 6.55. The molecule has 1 heterocycles. The molecule has 0 aliphatic carbocycles. The van der Waals surface area contributed by atoms with Crippen molar-refractivity contribution in [1.29, 1.82) is 0 Å². The molecule has 1 aromatic heterocycles. The third-order valence-corrected chi connectivity index (χ3v) is 4.51. The summed E-state index contributed by atoms with van der Waals surface area (Å²) in [5.41, 5.74) is 4.18. The number of nitrogens with one attached hydrogen (secondary N) is 1. The van der Waals surface area contributed by atoms with Gasteiger partial charge in [0.05, 0.1) is 16.4 Å². The Balaban J connectivity index is 2.31. The lowest BCUT2D eigenvalue weighted by atomic mass is 10.00. The minimum absolute atomic E-state index is 0.179. The smallest absolute Gasteiger partial charge is 0.0847 e. The van der Waals surface area contributed by atoms with E-state index in [9.17, 15) is 0 Å². The molecule has 0 spiro atoms. The Hall–Kier alpha value is -1.03. The van der Waals surface area contributed by atoms with Crippen molar-refractivity contribution in [3.63, 3.8) is 0 Å². The Morgan fingerprint density at radius 2 is 2.00 bits per heavy atom. The molecule has 0 bridgehead atoms. The van der Waals surface area contributed by atoms with Gasteiger partial charge in [0.15, 0.2) is 0 Å². The molecule has 0 radical (unpaired) electrons. The predicted octanol–water partition coefficient (Wildman–Crippen LogP) is 3.85. The quantitative estimate of drug-likeness (QED) is 0.929. The molecule has 1 unspecified atom stereocenters. The van der Waals surface area contributed by atoms with Crippen molar-refractivity contribution in [3.8, 4) is 0 Å². The molecule has 108 valence electrons. The van der Waals surface area contributed by atoms with Crippen molar-refractivity contribution in [1.82, 2.24) is 15.1 Å². The maximum atomic E-state index is 6.33. The molecule has 20 heavy (non-hydrogen) atoms. The minimum atomic E-state index is 0.179. The standard InChI is InChI=1S/C15H19Cl2N3/c1-9-7-11(5-6-12(9)16)13(18-3)8-14-15(17)10(2)19-20(14)4/h5-7,13,18H,8H2,1-4H3. The Bertz CT molecular complexity index is 620. The van der Waals surface area contributed by atoms with Gasteiger partial charge in [0.25, 0.3) is 0 Å². The van der Waals surface area contributed by atoms with E-state index >= 15 is 0 Å². The zero-order chi connectivity index (χ0) is 14.9. The predicted molar refractivity (Wildman–Crippen MR) is 84.6 cm³/mol. The maximum Gasteiger partial charge on any atom is 0.0847 e. The Labute approximate surface area is 129 Å². The first-order chi connectivity index (χ1) is 9.43. The summed E-state index contributed by atoms with van der Waals surface area (Å²) in [6.07, 6.45) is 0.785. The topological polar surface area (TPSA) is 29.9 Å². The molecule has 0 aliphatic heterocycles. The van der Waals surface area contributed by atoms with Gasteiger partial charge in [-0.1, -0.05) is 35.3 Å². The second-order valence-electron chi connectivity index (χ2n) is 5.02. The number of halogens is 2. The Morgan fingerprint density at radius 1 is 1.30 bits per heavy atom. The fraction of sp³-hybridized carbons (Fsp3) is 0.400. The van der Waals surface area contributed by atoms with Crippen LogP contribution in [0.25, 0.3) is 0 Å². The van der Waals surface area contributed by atoms with Gasteiger partial charge in [0.2, 0.25) is 0 Å². The normalized spacial score (nSPS) is 12.7. The molecular weight excluding hydrogens is 293 g/mol. The molecule has 1 aromatic carbocycles. The average Bonchev–Trinajstić information content (AvgIpc) is 2.65. The number of hydrogen-bond donors (Lipinski definition) is 1. The third-order valence-electron chi connectivity index (χ3n) is 3.59. The molecular formula is C15H19Cl2N3. The van der Waals surface area contributed by atoms with Crippen LogP contribution in [-0.2, 0) is 13.5 Å². The summed E-state index contributed by atoms with van der Waals surface area (Å²) >= 11 is 12.4. The van der Waals surface area contributed by atoms with Gasteiger partial charge in [0.1, 0.15) is 0 Å². The first-order valence-corrected chi connectivity index (χ1v) is 7.31. The van der Waals surface area contributed by atoms with Crippen molar-refractivity contribution in [2.24, 2.45) is 7.05 Å². The molecule has 0 saturated heterocycles. The molecule has 3 nitrogen and oxygen atoms in total. The molecule has 0 saturated carbocycles. The van der Waals surface area contributed by atoms with Crippen molar-refractivity contribution < 1.29 is 0 Å². The average molecular weight is 312 g/mol. The van der Waals surface area contributed by atoms with E-state index < -0.39 is 0 Å². The molecule has 1 atom stereocenters. The number of hydrogen-bond acceptors (Lipinski definition) is 2. The SMILES string of the molecule is CNC(Cc1c(Cl)c(C)nn1C)c1ccc(Cl)c(C)c1. The van der Waals surface area contributed by atoms with Crippen molar-refractivity contribution in [3.05, 3.63) is 50.8 Å². The van der Waals surface area contributed by atoms with Crippen LogP contribution >= 0.6 is 23.2 Å². The number of aryl methyl sites for hydroxylation is 3. The van der Waals surface area contributed by atoms with E-state index in [-0.39, 0.29) is 6.04 Å². The number of nitrogens with zero attached hydrogens (tertiary/aromatic N) is 2. The van der Waals surface area contributed by atoms with Gasteiger partial charge in [-0.3, -0.25) is 4.68 Å². The van der Waals surface area contributed by atoms with Gasteiger partial charge < -0.3 is 5.32 Å². The van der Waals surface area contributed by atoms with E-state index in [1.165, 1.54) is 5.56 Å². The zero-order valence-corrected chi connectivity index (χ0v) is 13.7. The lowest BCUT2D eigenvalue weighted by Crippen LogP contribution is -2.20. The van der Waals surface area contributed by atoms with Crippen LogP contribution in [0.15, 0.2) is 18.2 Å². The summed E-state index contributed by atoms with van der Waals surface area (Å²) in [5.74, 6) is 0. The van der Waals surface area contributed by atoms with Crippen molar-refractivity contribution in [2.45, 2.75) is 26.3 Å². The molecule has 0 aliphatic rings. The van der Waals surface area contributed by atoms with Crippen LogP contribution in [0.3, 0.4) is 0 Å². The van der Waals surface area contributed by atoms with Gasteiger partial charge in [0, 0.05) is 24.5 Å². The lowest BCUT2D eigenvalue weighted by molar-refractivity contribution is 0.561. The number of aromatic nitrogens is 2. The Morgan fingerprint density at radius 3 is 2.50 bits per heavy atom. The van der Waals surface area contributed by atoms with E-state index in [2.05, 4.69) is 16.5 Å². The summed E-state index contributed by atoms with van der Waals surface area (Å²) in [4.78, 5) is 0. The largest absolute Gasteiger partial charge is 0.313 e. The summed E-state index contributed by atoms with van der Waals surface area (Å²) < 4.78 is 1.85. The summed E-state index contributed by atoms with van der Waals surface area (Å²) in [5, 5.41) is 9.23. The van der Waals surface area contributed by atoms with Crippen LogP contribution in [0.1, 0.15) is 28.6 Å². The molecule has 2 aromatic rings. The second kappa shape index (κ2) is 6.17. The summed E-state index contributed by atoms with van der Waals surface area (Å²) in [6.45, 7) is 3.94. The monoisotopic (exact) mass is 311 g/mol. The van der Waals surface area contributed by atoms with Crippen LogP contribution in [0.5, 0.6) is 0 Å². The van der Waals surface area contributed by atoms with Gasteiger partial charge in [-0.05, 0) is 38.1 Å². The van der Waals surface area contributed by atoms with Gasteiger partial charge in [-0.25, -0.2) is 0 Å². The van der Waals surface area contributed by atoms with E-state index in [1.807, 2.05) is 44.8 Å². The number of likely N-dealkylation sites (N-methyl/N-ethyl adjacent to an activating group) is 1. The van der Waals surface area contributed by atoms with Crippen molar-refractivity contribution >= 4 is 23.2 Å². The lowest BCUT2D eigenvalue weighted by Gasteiger charge is -2.18. The molecule has 5 heteroatoms. The highest BCUT2D eigenvalue weighted by molar-refractivity contribution is 6.32. The molecule has 2 rings (SSSR count). The van der Waals surface area contributed by atoms with Crippen LogP contribution in [0.4, 0.5) is 0 Å². The van der Waals surface area contributed by atoms with Crippen LogP contribution < -0.4 is 5.32 Å². The molecule has 1 N–H and O–H groups in total. The number of benzene rings is 1.